The number of sulfonamides is 2. The number of rotatable bonds is 8. The molecule has 0 aliphatic carbocycles. The van der Waals surface area contributed by atoms with Crippen molar-refractivity contribution in [2.45, 2.75) is 24.8 Å². The molecule has 0 aliphatic rings. The van der Waals surface area contributed by atoms with Gasteiger partial charge in [0.05, 0.1) is 16.8 Å². The average Bonchev–Trinajstić information content (AvgIpc) is 3.21. The van der Waals surface area contributed by atoms with Gasteiger partial charge >= 0.3 is 0 Å². The summed E-state index contributed by atoms with van der Waals surface area (Å²) in [5, 5.41) is 4.52. The highest BCUT2D eigenvalue weighted by Gasteiger charge is 2.29. The summed E-state index contributed by atoms with van der Waals surface area (Å²) in [6.07, 6.45) is 2.52. The fourth-order valence-electron chi connectivity index (χ4n) is 2.91. The molecule has 1 atom stereocenters. The lowest BCUT2D eigenvalue weighted by molar-refractivity contribution is -0.116. The molecule has 0 unspecified atom stereocenters. The van der Waals surface area contributed by atoms with Crippen LogP contribution in [0.4, 0.5) is 16.5 Å². The highest BCUT2D eigenvalue weighted by Crippen LogP contribution is 2.23. The number of anilines is 3. The Morgan fingerprint density at radius 1 is 1.03 bits per heavy atom. The molecule has 0 aliphatic heterocycles. The smallest absolute Gasteiger partial charge is 0.263 e. The summed E-state index contributed by atoms with van der Waals surface area (Å²) < 4.78 is 53.0. The zero-order chi connectivity index (χ0) is 23.5. The predicted octanol–water partition coefficient (Wildman–Crippen LogP) is 3.05. The van der Waals surface area contributed by atoms with E-state index in [9.17, 15) is 21.6 Å². The van der Waals surface area contributed by atoms with Crippen molar-refractivity contribution < 1.29 is 21.6 Å². The standard InChI is InChI=1S/C20H22N4O5S3/c1-14-4-8-17(9-5-14)24(31(3,26)27)15(2)19(25)22-16-6-10-18(11-7-16)32(28,29)23-20-21-12-13-30-20/h4-13,15H,1-3H3,(H,21,23)(H,22,25)/t15-/m1/s1. The Morgan fingerprint density at radius 2 is 1.66 bits per heavy atom. The Kier molecular flexibility index (Phi) is 6.86. The van der Waals surface area contributed by atoms with Crippen molar-refractivity contribution in [3.63, 3.8) is 0 Å². The van der Waals surface area contributed by atoms with Crippen LogP contribution >= 0.6 is 11.3 Å². The molecule has 1 aromatic heterocycles. The molecule has 170 valence electrons. The Labute approximate surface area is 191 Å². The molecule has 3 aromatic rings. The van der Waals surface area contributed by atoms with Crippen LogP contribution in [0.1, 0.15) is 12.5 Å². The second-order valence-electron chi connectivity index (χ2n) is 7.03. The molecule has 0 spiro atoms. The largest absolute Gasteiger partial charge is 0.324 e. The number of aryl methyl sites for hydroxylation is 1. The first-order valence-corrected chi connectivity index (χ1v) is 13.6. The summed E-state index contributed by atoms with van der Waals surface area (Å²) in [6.45, 7) is 3.36. The zero-order valence-electron chi connectivity index (χ0n) is 17.5. The van der Waals surface area contributed by atoms with Crippen molar-refractivity contribution >= 4 is 53.8 Å². The van der Waals surface area contributed by atoms with Gasteiger partial charge in [-0.15, -0.1) is 11.3 Å². The van der Waals surface area contributed by atoms with Gasteiger partial charge in [-0.1, -0.05) is 17.7 Å². The SMILES string of the molecule is Cc1ccc(N([C@H](C)C(=O)Nc2ccc(S(=O)(=O)Nc3nccs3)cc2)S(C)(=O)=O)cc1. The maximum absolute atomic E-state index is 12.8. The van der Waals surface area contributed by atoms with E-state index in [1.165, 1.54) is 37.4 Å². The fourth-order valence-corrected chi connectivity index (χ4v) is 5.88. The van der Waals surface area contributed by atoms with Gasteiger partial charge in [0.25, 0.3) is 10.0 Å². The average molecular weight is 495 g/mol. The molecule has 0 saturated carbocycles. The van der Waals surface area contributed by atoms with Crippen LogP contribution in [0, 0.1) is 6.92 Å². The number of hydrogen-bond donors (Lipinski definition) is 2. The van der Waals surface area contributed by atoms with Crippen LogP contribution in [-0.4, -0.2) is 40.0 Å². The number of aromatic nitrogens is 1. The van der Waals surface area contributed by atoms with Gasteiger partial charge in [-0.3, -0.25) is 13.8 Å². The zero-order valence-corrected chi connectivity index (χ0v) is 20.0. The summed E-state index contributed by atoms with van der Waals surface area (Å²) in [6, 6.07) is 11.3. The van der Waals surface area contributed by atoms with Crippen LogP contribution in [0.3, 0.4) is 0 Å². The lowest BCUT2D eigenvalue weighted by Gasteiger charge is -2.28. The quantitative estimate of drug-likeness (QED) is 0.496. The van der Waals surface area contributed by atoms with E-state index < -0.39 is 32.0 Å². The molecule has 1 heterocycles. The summed E-state index contributed by atoms with van der Waals surface area (Å²) >= 11 is 1.15. The minimum absolute atomic E-state index is 0.00355. The number of nitrogens with one attached hydrogen (secondary N) is 2. The first kappa shape index (κ1) is 23.7. The molecule has 32 heavy (non-hydrogen) atoms. The number of thiazole rings is 1. The van der Waals surface area contributed by atoms with Crippen molar-refractivity contribution in [1.82, 2.24) is 4.98 Å². The first-order chi connectivity index (χ1) is 15.0. The summed E-state index contributed by atoms with van der Waals surface area (Å²) in [4.78, 5) is 16.7. The Balaban J connectivity index is 1.76. The highest BCUT2D eigenvalue weighted by molar-refractivity contribution is 7.93. The first-order valence-electron chi connectivity index (χ1n) is 9.37. The third-order valence-electron chi connectivity index (χ3n) is 4.46. The Morgan fingerprint density at radius 3 is 2.19 bits per heavy atom. The topological polar surface area (TPSA) is 126 Å². The maximum atomic E-state index is 12.8. The normalized spacial score (nSPS) is 12.7. The summed E-state index contributed by atoms with van der Waals surface area (Å²) in [5.41, 5.74) is 1.65. The van der Waals surface area contributed by atoms with E-state index in [0.29, 0.717) is 11.4 Å². The van der Waals surface area contributed by atoms with Crippen LogP contribution in [0.15, 0.2) is 65.0 Å². The van der Waals surface area contributed by atoms with E-state index in [1.54, 1.807) is 29.6 Å². The van der Waals surface area contributed by atoms with Crippen molar-refractivity contribution in [1.29, 1.82) is 0 Å². The van der Waals surface area contributed by atoms with Crippen LogP contribution < -0.4 is 14.3 Å². The van der Waals surface area contributed by atoms with Gasteiger partial charge in [-0.25, -0.2) is 21.8 Å². The molecule has 0 radical (unpaired) electrons. The summed E-state index contributed by atoms with van der Waals surface area (Å²) in [7, 11) is -7.56. The van der Waals surface area contributed by atoms with Gasteiger partial charge in [-0.2, -0.15) is 0 Å². The Bertz CT molecular complexity index is 1290. The van der Waals surface area contributed by atoms with Crippen molar-refractivity contribution in [3.8, 4) is 0 Å². The number of carbonyl (C=O) groups is 1. The number of nitrogens with zero attached hydrogens (tertiary/aromatic N) is 2. The van der Waals surface area contributed by atoms with E-state index in [-0.39, 0.29) is 10.0 Å². The lowest BCUT2D eigenvalue weighted by Crippen LogP contribution is -2.45. The van der Waals surface area contributed by atoms with E-state index >= 15 is 0 Å². The molecule has 0 fully saturated rings. The predicted molar refractivity (Wildman–Crippen MR) is 126 cm³/mol. The van der Waals surface area contributed by atoms with Gasteiger partial charge in [0.15, 0.2) is 5.13 Å². The molecular formula is C20H22N4O5S3. The fraction of sp³-hybridized carbons (Fsp3) is 0.200. The van der Waals surface area contributed by atoms with E-state index in [0.717, 1.165) is 27.5 Å². The van der Waals surface area contributed by atoms with Gasteiger partial charge in [0, 0.05) is 17.3 Å². The Hall–Kier alpha value is -2.96. The number of carbonyl (C=O) groups excluding carboxylic acids is 1. The van der Waals surface area contributed by atoms with E-state index in [1.807, 2.05) is 6.92 Å². The van der Waals surface area contributed by atoms with Crippen molar-refractivity contribution in [2.24, 2.45) is 0 Å². The van der Waals surface area contributed by atoms with Gasteiger partial charge in [-0.05, 0) is 50.2 Å². The molecule has 0 saturated heterocycles. The molecule has 1 amide bonds. The molecule has 9 nitrogen and oxygen atoms in total. The minimum atomic E-state index is -3.82. The molecule has 3 rings (SSSR count). The molecule has 0 bridgehead atoms. The number of hydrogen-bond acceptors (Lipinski definition) is 7. The molecule has 12 heteroatoms. The van der Waals surface area contributed by atoms with Crippen LogP contribution in [-0.2, 0) is 24.8 Å². The van der Waals surface area contributed by atoms with E-state index in [2.05, 4.69) is 15.0 Å². The van der Waals surface area contributed by atoms with Crippen LogP contribution in [0.25, 0.3) is 0 Å². The summed E-state index contributed by atoms with van der Waals surface area (Å²) in [5.74, 6) is -0.562. The third-order valence-corrected chi connectivity index (χ3v) is 7.88. The van der Waals surface area contributed by atoms with Crippen molar-refractivity contribution in [3.05, 3.63) is 65.7 Å². The number of amides is 1. The third kappa shape index (κ3) is 5.64. The second-order valence-corrected chi connectivity index (χ2v) is 11.5. The monoisotopic (exact) mass is 494 g/mol. The molecule has 2 N–H and O–H groups in total. The van der Waals surface area contributed by atoms with E-state index in [4.69, 9.17) is 0 Å². The molecule has 2 aromatic carbocycles. The van der Waals surface area contributed by atoms with Gasteiger partial charge in [0.2, 0.25) is 15.9 Å². The number of benzene rings is 2. The minimum Gasteiger partial charge on any atom is -0.324 e. The second kappa shape index (κ2) is 9.27. The lowest BCUT2D eigenvalue weighted by atomic mass is 10.2. The highest BCUT2D eigenvalue weighted by atomic mass is 32.2. The van der Waals surface area contributed by atoms with Gasteiger partial charge in [0.1, 0.15) is 6.04 Å². The van der Waals surface area contributed by atoms with Gasteiger partial charge < -0.3 is 5.32 Å². The maximum Gasteiger partial charge on any atom is 0.263 e. The molecular weight excluding hydrogens is 472 g/mol. The van der Waals surface area contributed by atoms with Crippen molar-refractivity contribution in [2.75, 3.05) is 20.6 Å². The van der Waals surface area contributed by atoms with Crippen LogP contribution in [0.2, 0.25) is 0 Å². The van der Waals surface area contributed by atoms with Crippen LogP contribution in [0.5, 0.6) is 0 Å².